The van der Waals surface area contributed by atoms with Crippen LogP contribution < -0.4 is 0 Å². The van der Waals surface area contributed by atoms with Crippen molar-refractivity contribution >= 4 is 16.2 Å². The Morgan fingerprint density at radius 3 is 1.86 bits per heavy atom. The van der Waals surface area contributed by atoms with Gasteiger partial charge in [-0.2, -0.15) is 8.42 Å². The third-order valence-electron chi connectivity index (χ3n) is 4.82. The van der Waals surface area contributed by atoms with Crippen molar-refractivity contribution in [2.45, 2.75) is 51.0 Å². The van der Waals surface area contributed by atoms with Gasteiger partial charge in [0.05, 0.1) is 24.7 Å². The minimum absolute atomic E-state index is 0.0176. The lowest BCUT2D eigenvalue weighted by molar-refractivity contribution is 0.00860. The molecule has 0 bridgehead atoms. The predicted octanol–water partition coefficient (Wildman–Crippen LogP) is 5.50. The van der Waals surface area contributed by atoms with Crippen molar-refractivity contribution in [3.8, 4) is 0 Å². The Morgan fingerprint density at radius 1 is 0.771 bits per heavy atom. The topological polar surface area (TPSA) is 82.1 Å². The first-order chi connectivity index (χ1) is 16.6. The molecule has 0 spiro atoms. The molecular formula is C27H31NO6S. The molecule has 3 aromatic rings. The number of hydrogen-bond donors (Lipinski definition) is 0. The summed E-state index contributed by atoms with van der Waals surface area (Å²) in [6.45, 7) is 5.84. The summed E-state index contributed by atoms with van der Waals surface area (Å²) in [5, 5.41) is 0. The molecule has 0 saturated heterocycles. The average Bonchev–Trinajstić information content (AvgIpc) is 2.83. The largest absolute Gasteiger partial charge is 0.444 e. The molecule has 3 rings (SSSR count). The molecule has 0 aliphatic carbocycles. The Hall–Kier alpha value is -3.20. The Morgan fingerprint density at radius 2 is 1.29 bits per heavy atom. The maximum atomic E-state index is 12.8. The van der Waals surface area contributed by atoms with E-state index < -0.39 is 28.5 Å². The van der Waals surface area contributed by atoms with Crippen LogP contribution in [0.25, 0.3) is 0 Å². The number of amides is 1. The maximum Gasteiger partial charge on any atom is 0.412 e. The van der Waals surface area contributed by atoms with Gasteiger partial charge in [-0.3, -0.25) is 4.90 Å². The number of carbonyl (C=O) groups excluding carboxylic acids is 1. The van der Waals surface area contributed by atoms with Crippen molar-refractivity contribution in [3.63, 3.8) is 0 Å². The van der Waals surface area contributed by atoms with Crippen LogP contribution in [0, 0.1) is 0 Å². The van der Waals surface area contributed by atoms with E-state index >= 15 is 0 Å². The van der Waals surface area contributed by atoms with Crippen LogP contribution in [0.15, 0.2) is 89.8 Å². The van der Waals surface area contributed by atoms with E-state index in [1.165, 1.54) is 17.0 Å². The van der Waals surface area contributed by atoms with Crippen LogP contribution in [0.1, 0.15) is 37.5 Å². The summed E-state index contributed by atoms with van der Waals surface area (Å²) in [6, 6.07) is 25.3. The Bertz CT molecular complexity index is 1170. The molecule has 7 nitrogen and oxygen atoms in total. The lowest BCUT2D eigenvalue weighted by Crippen LogP contribution is -2.38. The second-order valence-electron chi connectivity index (χ2n) is 8.99. The van der Waals surface area contributed by atoms with Crippen molar-refractivity contribution in [3.05, 3.63) is 102 Å². The van der Waals surface area contributed by atoms with Crippen LogP contribution in [-0.2, 0) is 43.5 Å². The van der Waals surface area contributed by atoms with E-state index in [-0.39, 0.29) is 11.4 Å². The van der Waals surface area contributed by atoms with Gasteiger partial charge in [-0.05, 0) is 49.6 Å². The van der Waals surface area contributed by atoms with Crippen molar-refractivity contribution in [1.82, 2.24) is 4.90 Å². The second-order valence-corrected chi connectivity index (χ2v) is 10.6. The molecule has 3 aromatic carbocycles. The number of carbonyl (C=O) groups is 1. The van der Waals surface area contributed by atoms with Crippen molar-refractivity contribution in [1.29, 1.82) is 0 Å². The van der Waals surface area contributed by atoms with E-state index in [1.54, 1.807) is 39.0 Å². The Kier molecular flexibility index (Phi) is 9.03. The van der Waals surface area contributed by atoms with E-state index in [2.05, 4.69) is 0 Å². The van der Waals surface area contributed by atoms with Gasteiger partial charge < -0.3 is 9.47 Å². The molecule has 0 unspecified atom stereocenters. The minimum Gasteiger partial charge on any atom is -0.444 e. The first-order valence-corrected chi connectivity index (χ1v) is 12.7. The molecule has 0 aromatic heterocycles. The van der Waals surface area contributed by atoms with Crippen LogP contribution in [0.4, 0.5) is 4.79 Å². The highest BCUT2D eigenvalue weighted by Gasteiger charge is 2.25. The van der Waals surface area contributed by atoms with E-state index in [0.717, 1.165) is 16.7 Å². The van der Waals surface area contributed by atoms with E-state index in [9.17, 15) is 13.2 Å². The van der Waals surface area contributed by atoms with E-state index in [4.69, 9.17) is 13.7 Å². The molecule has 0 heterocycles. The van der Waals surface area contributed by atoms with Crippen LogP contribution in [0.5, 0.6) is 0 Å². The third-order valence-corrected chi connectivity index (χ3v) is 6.09. The lowest BCUT2D eigenvalue weighted by atomic mass is 10.1. The molecule has 35 heavy (non-hydrogen) atoms. The van der Waals surface area contributed by atoms with Gasteiger partial charge in [0.2, 0.25) is 0 Å². The molecule has 0 N–H and O–H groups in total. The Balaban J connectivity index is 1.63. The van der Waals surface area contributed by atoms with Crippen LogP contribution in [-0.4, -0.2) is 31.7 Å². The van der Waals surface area contributed by atoms with Gasteiger partial charge in [-0.25, -0.2) is 8.98 Å². The number of ether oxygens (including phenoxy) is 2. The smallest absolute Gasteiger partial charge is 0.412 e. The summed E-state index contributed by atoms with van der Waals surface area (Å²) in [5.41, 5.74) is 2.13. The summed E-state index contributed by atoms with van der Waals surface area (Å²) in [6.07, 6.45) is -0.670. The fourth-order valence-electron chi connectivity index (χ4n) is 3.10. The highest BCUT2D eigenvalue weighted by atomic mass is 32.2. The fourth-order valence-corrected chi connectivity index (χ4v) is 3.99. The van der Waals surface area contributed by atoms with E-state index in [0.29, 0.717) is 13.2 Å². The second kappa shape index (κ2) is 12.0. The van der Waals surface area contributed by atoms with Crippen LogP contribution in [0.3, 0.4) is 0 Å². The zero-order chi connectivity index (χ0) is 25.3. The number of hydrogen-bond acceptors (Lipinski definition) is 6. The molecule has 0 atom stereocenters. The molecule has 0 radical (unpaired) electrons. The summed E-state index contributed by atoms with van der Waals surface area (Å²) < 4.78 is 41.5. The van der Waals surface area contributed by atoms with Gasteiger partial charge in [0.25, 0.3) is 10.1 Å². The first-order valence-electron chi connectivity index (χ1n) is 11.2. The highest BCUT2D eigenvalue weighted by Crippen LogP contribution is 2.17. The van der Waals surface area contributed by atoms with E-state index in [1.807, 2.05) is 54.6 Å². The third kappa shape index (κ3) is 8.83. The van der Waals surface area contributed by atoms with Crippen molar-refractivity contribution in [2.75, 3.05) is 6.73 Å². The SMILES string of the molecule is CC(C)(C)OC(=O)N(COS(=O)(=O)c1ccccc1)Cc1ccc(COCc2ccccc2)cc1. The molecule has 8 heteroatoms. The zero-order valence-corrected chi connectivity index (χ0v) is 21.0. The predicted molar refractivity (Wildman–Crippen MR) is 133 cm³/mol. The number of nitrogens with zero attached hydrogens (tertiary/aromatic N) is 1. The molecule has 0 aliphatic heterocycles. The molecule has 0 saturated carbocycles. The van der Waals surface area contributed by atoms with Gasteiger partial charge in [-0.15, -0.1) is 0 Å². The van der Waals surface area contributed by atoms with Gasteiger partial charge in [0, 0.05) is 0 Å². The maximum absolute atomic E-state index is 12.8. The summed E-state index contributed by atoms with van der Waals surface area (Å²) in [7, 11) is -4.03. The summed E-state index contributed by atoms with van der Waals surface area (Å²) in [5.74, 6) is 0. The monoisotopic (exact) mass is 497 g/mol. The molecule has 186 valence electrons. The minimum atomic E-state index is -4.03. The number of rotatable bonds is 10. The van der Waals surface area contributed by atoms with Crippen LogP contribution in [0.2, 0.25) is 0 Å². The normalized spacial score (nSPS) is 11.7. The van der Waals surface area contributed by atoms with Gasteiger partial charge >= 0.3 is 6.09 Å². The van der Waals surface area contributed by atoms with Gasteiger partial charge in [0.1, 0.15) is 12.3 Å². The average molecular weight is 498 g/mol. The molecule has 0 aliphatic rings. The quantitative estimate of drug-likeness (QED) is 0.272. The van der Waals surface area contributed by atoms with Crippen LogP contribution >= 0.6 is 0 Å². The first kappa shape index (κ1) is 26.4. The molecular weight excluding hydrogens is 466 g/mol. The Labute approximate surface area is 207 Å². The van der Waals surface area contributed by atoms with Crippen molar-refractivity contribution < 1.29 is 26.9 Å². The highest BCUT2D eigenvalue weighted by molar-refractivity contribution is 7.86. The lowest BCUT2D eigenvalue weighted by Gasteiger charge is -2.27. The van der Waals surface area contributed by atoms with Crippen molar-refractivity contribution in [2.24, 2.45) is 0 Å². The standard InChI is InChI=1S/C27H31NO6S/c1-27(2,3)34-26(29)28(21-33-35(30,31)25-12-8-5-9-13-25)18-22-14-16-24(17-15-22)20-32-19-23-10-6-4-7-11-23/h4-17H,18-21H2,1-3H3. The zero-order valence-electron chi connectivity index (χ0n) is 20.2. The summed E-state index contributed by atoms with van der Waals surface area (Å²) in [4.78, 5) is 14.0. The fraction of sp³-hybridized carbons (Fsp3) is 0.296. The van der Waals surface area contributed by atoms with Gasteiger partial charge in [0.15, 0.2) is 0 Å². The van der Waals surface area contributed by atoms with Gasteiger partial charge in [-0.1, -0.05) is 72.8 Å². The summed E-state index contributed by atoms with van der Waals surface area (Å²) >= 11 is 0. The molecule has 0 fully saturated rings. The number of benzene rings is 3. The molecule has 1 amide bonds.